The van der Waals surface area contributed by atoms with E-state index in [1.165, 1.54) is 11.3 Å². The van der Waals surface area contributed by atoms with Crippen LogP contribution in [0, 0.1) is 0 Å². The van der Waals surface area contributed by atoms with E-state index in [4.69, 9.17) is 9.15 Å². The lowest BCUT2D eigenvalue weighted by molar-refractivity contribution is -0.117. The number of carbonyl (C=O) groups excluding carboxylic acids is 2. The van der Waals surface area contributed by atoms with Gasteiger partial charge in [0.2, 0.25) is 5.91 Å². The van der Waals surface area contributed by atoms with E-state index >= 15 is 0 Å². The summed E-state index contributed by atoms with van der Waals surface area (Å²) in [5, 5.41) is 6.09. The van der Waals surface area contributed by atoms with Crippen molar-refractivity contribution in [2.45, 2.75) is 19.9 Å². The molecule has 3 aromatic rings. The van der Waals surface area contributed by atoms with E-state index in [1.807, 2.05) is 49.2 Å². The van der Waals surface area contributed by atoms with Gasteiger partial charge in [-0.1, -0.05) is 18.2 Å². The Morgan fingerprint density at radius 2 is 2.07 bits per heavy atom. The monoisotopic (exact) mass is 386 g/mol. The number of thiophene rings is 1. The Hall–Kier alpha value is -2.64. The van der Waals surface area contributed by atoms with Crippen LogP contribution in [0.4, 0.5) is 5.00 Å². The number of amides is 1. The molecule has 0 saturated carbocycles. The molecule has 27 heavy (non-hydrogen) atoms. The van der Waals surface area contributed by atoms with E-state index in [9.17, 15) is 9.59 Å². The molecule has 6 nitrogen and oxygen atoms in total. The van der Waals surface area contributed by atoms with Crippen LogP contribution >= 0.6 is 11.3 Å². The van der Waals surface area contributed by atoms with Crippen LogP contribution in [0.1, 0.15) is 36.0 Å². The molecule has 1 N–H and O–H groups in total. The van der Waals surface area contributed by atoms with Gasteiger partial charge in [-0.3, -0.25) is 9.69 Å². The number of anilines is 1. The number of benzene rings is 1. The molecular weight excluding hydrogens is 364 g/mol. The van der Waals surface area contributed by atoms with Gasteiger partial charge in [-0.05, 0) is 44.5 Å². The normalized spacial score (nSPS) is 12.3. The average molecular weight is 386 g/mol. The Morgan fingerprint density at radius 1 is 1.30 bits per heavy atom. The van der Waals surface area contributed by atoms with E-state index in [2.05, 4.69) is 5.32 Å². The number of nitrogens with zero attached hydrogens (tertiary/aromatic N) is 1. The van der Waals surface area contributed by atoms with Crippen molar-refractivity contribution in [2.75, 3.05) is 25.5 Å². The molecule has 0 saturated heterocycles. The number of rotatable bonds is 7. The highest BCUT2D eigenvalue weighted by atomic mass is 32.1. The standard InChI is InChI=1S/C20H22N2O4S/c1-4-25-20(24)15-9-10-27-19(15)21-18(23)12-22(3)13(2)17-11-14-7-5-6-8-16(14)26-17/h5-11,13H,4,12H2,1-3H3,(H,21,23)/t13-/m0/s1. The molecule has 0 unspecified atom stereocenters. The molecule has 1 amide bonds. The summed E-state index contributed by atoms with van der Waals surface area (Å²) >= 11 is 1.30. The number of furan rings is 1. The van der Waals surface area contributed by atoms with Crippen LogP contribution in [0.15, 0.2) is 46.2 Å². The quantitative estimate of drug-likeness (QED) is 0.613. The maximum absolute atomic E-state index is 12.4. The fourth-order valence-electron chi connectivity index (χ4n) is 2.73. The second kappa shape index (κ2) is 8.37. The Balaban J connectivity index is 1.63. The predicted octanol–water partition coefficient (Wildman–Crippen LogP) is 4.30. The lowest BCUT2D eigenvalue weighted by atomic mass is 10.2. The van der Waals surface area contributed by atoms with Crippen molar-refractivity contribution in [3.63, 3.8) is 0 Å². The highest BCUT2D eigenvalue weighted by molar-refractivity contribution is 7.14. The summed E-state index contributed by atoms with van der Waals surface area (Å²) in [5.41, 5.74) is 1.21. The van der Waals surface area contributed by atoms with E-state index < -0.39 is 5.97 Å². The van der Waals surface area contributed by atoms with Crippen LogP contribution in [-0.4, -0.2) is 37.0 Å². The molecular formula is C20H22N2O4S. The van der Waals surface area contributed by atoms with Crippen LogP contribution in [0.25, 0.3) is 11.0 Å². The number of nitrogens with one attached hydrogen (secondary N) is 1. The summed E-state index contributed by atoms with van der Waals surface area (Å²) in [7, 11) is 1.86. The first kappa shape index (κ1) is 19.1. The fourth-order valence-corrected chi connectivity index (χ4v) is 3.52. The second-order valence-corrected chi connectivity index (χ2v) is 7.13. The van der Waals surface area contributed by atoms with E-state index in [0.717, 1.165) is 16.7 Å². The van der Waals surface area contributed by atoms with Crippen LogP contribution < -0.4 is 5.32 Å². The molecule has 2 heterocycles. The number of ether oxygens (including phenoxy) is 1. The third kappa shape index (κ3) is 4.37. The third-order valence-corrected chi connectivity index (χ3v) is 5.15. The zero-order valence-electron chi connectivity index (χ0n) is 15.5. The van der Waals surface area contributed by atoms with Gasteiger partial charge in [0.05, 0.1) is 24.8 Å². The first-order chi connectivity index (χ1) is 13.0. The molecule has 1 atom stereocenters. The van der Waals surface area contributed by atoms with Crippen LogP contribution in [0.2, 0.25) is 0 Å². The Kier molecular flexibility index (Phi) is 5.93. The van der Waals surface area contributed by atoms with Crippen molar-refractivity contribution in [2.24, 2.45) is 0 Å². The van der Waals surface area contributed by atoms with Crippen molar-refractivity contribution in [1.29, 1.82) is 0 Å². The molecule has 0 fully saturated rings. The lowest BCUT2D eigenvalue weighted by Gasteiger charge is -2.22. The number of hydrogen-bond donors (Lipinski definition) is 1. The zero-order chi connectivity index (χ0) is 19.4. The summed E-state index contributed by atoms with van der Waals surface area (Å²) in [4.78, 5) is 26.2. The number of likely N-dealkylation sites (N-methyl/N-ethyl adjacent to an activating group) is 1. The van der Waals surface area contributed by atoms with Gasteiger partial charge in [0, 0.05) is 5.39 Å². The fraction of sp³-hybridized carbons (Fsp3) is 0.300. The summed E-state index contributed by atoms with van der Waals surface area (Å²) in [6.07, 6.45) is 0. The number of fused-ring (bicyclic) bond motifs is 1. The topological polar surface area (TPSA) is 71.8 Å². The molecule has 142 valence electrons. The van der Waals surface area contributed by atoms with Gasteiger partial charge in [-0.25, -0.2) is 4.79 Å². The van der Waals surface area contributed by atoms with Gasteiger partial charge in [0.1, 0.15) is 16.3 Å². The SMILES string of the molecule is CCOC(=O)c1ccsc1NC(=O)CN(C)[C@@H](C)c1cc2ccccc2o1. The van der Waals surface area contributed by atoms with E-state index in [-0.39, 0.29) is 18.5 Å². The van der Waals surface area contributed by atoms with Crippen LogP contribution in [0.5, 0.6) is 0 Å². The van der Waals surface area contributed by atoms with Crippen LogP contribution in [0.3, 0.4) is 0 Å². The van der Waals surface area contributed by atoms with Gasteiger partial charge < -0.3 is 14.5 Å². The Morgan fingerprint density at radius 3 is 2.81 bits per heavy atom. The largest absolute Gasteiger partial charge is 0.462 e. The smallest absolute Gasteiger partial charge is 0.341 e. The van der Waals surface area contributed by atoms with Crippen molar-refractivity contribution >= 4 is 39.2 Å². The highest BCUT2D eigenvalue weighted by Gasteiger charge is 2.20. The first-order valence-corrected chi connectivity index (χ1v) is 9.60. The average Bonchev–Trinajstić information content (AvgIpc) is 3.27. The van der Waals surface area contributed by atoms with Crippen LogP contribution in [-0.2, 0) is 9.53 Å². The molecule has 0 bridgehead atoms. The number of para-hydroxylation sites is 1. The van der Waals surface area contributed by atoms with Gasteiger partial charge >= 0.3 is 5.97 Å². The number of esters is 1. The second-order valence-electron chi connectivity index (χ2n) is 6.21. The van der Waals surface area contributed by atoms with Gasteiger partial charge in [-0.2, -0.15) is 0 Å². The maximum atomic E-state index is 12.4. The molecule has 0 spiro atoms. The van der Waals surface area contributed by atoms with Gasteiger partial charge in [0.15, 0.2) is 0 Å². The lowest BCUT2D eigenvalue weighted by Crippen LogP contribution is -2.32. The Bertz CT molecular complexity index is 913. The predicted molar refractivity (Wildman–Crippen MR) is 106 cm³/mol. The van der Waals surface area contributed by atoms with Crippen molar-refractivity contribution < 1.29 is 18.7 Å². The summed E-state index contributed by atoms with van der Waals surface area (Å²) in [6.45, 7) is 4.19. The molecule has 7 heteroatoms. The minimum absolute atomic E-state index is 0.0731. The zero-order valence-corrected chi connectivity index (χ0v) is 16.3. The summed E-state index contributed by atoms with van der Waals surface area (Å²) in [5.74, 6) is 0.168. The maximum Gasteiger partial charge on any atom is 0.341 e. The molecule has 0 aliphatic carbocycles. The van der Waals surface area contributed by atoms with Gasteiger partial charge in [-0.15, -0.1) is 11.3 Å². The molecule has 2 aromatic heterocycles. The molecule has 0 radical (unpaired) electrons. The minimum Gasteiger partial charge on any atom is -0.462 e. The highest BCUT2D eigenvalue weighted by Crippen LogP contribution is 2.27. The van der Waals surface area contributed by atoms with Crippen molar-refractivity contribution in [1.82, 2.24) is 4.90 Å². The summed E-state index contributed by atoms with van der Waals surface area (Å²) < 4.78 is 10.9. The molecule has 0 aliphatic heterocycles. The molecule has 0 aliphatic rings. The third-order valence-electron chi connectivity index (χ3n) is 4.32. The van der Waals surface area contributed by atoms with E-state index in [0.29, 0.717) is 17.2 Å². The van der Waals surface area contributed by atoms with Gasteiger partial charge in [0.25, 0.3) is 0 Å². The Labute approximate surface area is 161 Å². The van der Waals surface area contributed by atoms with Crippen molar-refractivity contribution in [3.8, 4) is 0 Å². The summed E-state index contributed by atoms with van der Waals surface area (Å²) in [6, 6.07) is 11.4. The molecule has 1 aromatic carbocycles. The molecule has 3 rings (SSSR count). The number of carbonyl (C=O) groups is 2. The van der Waals surface area contributed by atoms with E-state index in [1.54, 1.807) is 18.4 Å². The number of hydrogen-bond acceptors (Lipinski definition) is 6. The minimum atomic E-state index is -0.432. The van der Waals surface area contributed by atoms with Crippen molar-refractivity contribution in [3.05, 3.63) is 53.1 Å². The first-order valence-electron chi connectivity index (χ1n) is 8.72.